The van der Waals surface area contributed by atoms with Crippen molar-refractivity contribution in [3.63, 3.8) is 0 Å². The summed E-state index contributed by atoms with van der Waals surface area (Å²) < 4.78 is 32.4. The van der Waals surface area contributed by atoms with Crippen LogP contribution in [0.5, 0.6) is 0 Å². The van der Waals surface area contributed by atoms with E-state index in [0.717, 1.165) is 12.5 Å². The lowest BCUT2D eigenvalue weighted by molar-refractivity contribution is 0.121. The molecule has 1 aliphatic rings. The molecule has 2 heterocycles. The molecule has 1 aliphatic heterocycles. The van der Waals surface area contributed by atoms with Crippen molar-refractivity contribution in [2.75, 3.05) is 23.8 Å². The molecule has 0 spiro atoms. The van der Waals surface area contributed by atoms with Crippen LogP contribution in [0.25, 0.3) is 0 Å². The second kappa shape index (κ2) is 5.48. The van der Waals surface area contributed by atoms with E-state index in [4.69, 9.17) is 4.74 Å². The number of nitrogens with one attached hydrogen (secondary N) is 2. The van der Waals surface area contributed by atoms with E-state index in [1.807, 2.05) is 13.8 Å². The standard InChI is InChI=1S/C12H17F2N3O/c1-3-15-11-8(13)6-9(14)12(17-11)16-10-4-5-18-7(10)2/h6-7,10H,3-5H2,1-2H3,(H2,15,16,17). The SMILES string of the molecule is CCNc1nc(NC2CCOC2C)c(F)cc1F. The Morgan fingerprint density at radius 2 is 2.11 bits per heavy atom. The van der Waals surface area contributed by atoms with Crippen LogP contribution in [0.4, 0.5) is 20.4 Å². The normalized spacial score (nSPS) is 23.1. The molecule has 18 heavy (non-hydrogen) atoms. The fraction of sp³-hybridized carbons (Fsp3) is 0.583. The van der Waals surface area contributed by atoms with Crippen molar-refractivity contribution in [2.45, 2.75) is 32.4 Å². The van der Waals surface area contributed by atoms with E-state index in [9.17, 15) is 8.78 Å². The molecule has 2 rings (SSSR count). The quantitative estimate of drug-likeness (QED) is 0.869. The minimum absolute atomic E-state index is 0.00108. The maximum Gasteiger partial charge on any atom is 0.168 e. The fourth-order valence-corrected chi connectivity index (χ4v) is 1.96. The predicted octanol–water partition coefficient (Wildman–Crippen LogP) is 2.38. The Hall–Kier alpha value is -1.43. The first-order valence-electron chi connectivity index (χ1n) is 6.10. The summed E-state index contributed by atoms with van der Waals surface area (Å²) in [5.41, 5.74) is 0. The summed E-state index contributed by atoms with van der Waals surface area (Å²) in [5.74, 6) is -1.24. The maximum absolute atomic E-state index is 13.6. The second-order valence-electron chi connectivity index (χ2n) is 4.29. The largest absolute Gasteiger partial charge is 0.376 e. The Bertz CT molecular complexity index is 428. The average Bonchev–Trinajstić information content (AvgIpc) is 2.71. The average molecular weight is 257 g/mol. The molecule has 0 amide bonds. The third kappa shape index (κ3) is 2.69. The molecule has 0 bridgehead atoms. The molecule has 0 saturated carbocycles. The lowest BCUT2D eigenvalue weighted by atomic mass is 10.1. The van der Waals surface area contributed by atoms with Crippen molar-refractivity contribution < 1.29 is 13.5 Å². The predicted molar refractivity (Wildman–Crippen MR) is 65.8 cm³/mol. The Balaban J connectivity index is 2.18. The summed E-state index contributed by atoms with van der Waals surface area (Å²) in [4.78, 5) is 3.93. The molecular formula is C12H17F2N3O. The number of hydrogen-bond acceptors (Lipinski definition) is 4. The van der Waals surface area contributed by atoms with Gasteiger partial charge in [0.05, 0.1) is 12.1 Å². The van der Waals surface area contributed by atoms with Crippen LogP contribution >= 0.6 is 0 Å². The van der Waals surface area contributed by atoms with Gasteiger partial charge in [0.15, 0.2) is 23.3 Å². The van der Waals surface area contributed by atoms with E-state index in [1.165, 1.54) is 0 Å². The molecule has 2 atom stereocenters. The van der Waals surface area contributed by atoms with Crippen molar-refractivity contribution in [1.82, 2.24) is 4.98 Å². The number of aromatic nitrogens is 1. The van der Waals surface area contributed by atoms with Crippen molar-refractivity contribution in [2.24, 2.45) is 0 Å². The van der Waals surface area contributed by atoms with Gasteiger partial charge in [0.1, 0.15) is 0 Å². The van der Waals surface area contributed by atoms with Crippen LogP contribution in [0.3, 0.4) is 0 Å². The molecule has 4 nitrogen and oxygen atoms in total. The Labute approximate surface area is 105 Å². The van der Waals surface area contributed by atoms with Crippen LogP contribution in [0, 0.1) is 11.6 Å². The van der Waals surface area contributed by atoms with Gasteiger partial charge in [0.25, 0.3) is 0 Å². The lowest BCUT2D eigenvalue weighted by Crippen LogP contribution is -2.28. The first kappa shape index (κ1) is 13.0. The highest BCUT2D eigenvalue weighted by Crippen LogP contribution is 2.23. The zero-order valence-electron chi connectivity index (χ0n) is 10.5. The summed E-state index contributed by atoms with van der Waals surface area (Å²) in [5, 5.41) is 5.72. The molecule has 2 unspecified atom stereocenters. The molecule has 0 aromatic carbocycles. The van der Waals surface area contributed by atoms with Gasteiger partial charge >= 0.3 is 0 Å². The van der Waals surface area contributed by atoms with E-state index in [2.05, 4.69) is 15.6 Å². The third-order valence-corrected chi connectivity index (χ3v) is 2.97. The summed E-state index contributed by atoms with van der Waals surface area (Å²) in [6, 6.07) is 0.847. The summed E-state index contributed by atoms with van der Waals surface area (Å²) >= 11 is 0. The number of hydrogen-bond donors (Lipinski definition) is 2. The van der Waals surface area contributed by atoms with E-state index >= 15 is 0 Å². The van der Waals surface area contributed by atoms with E-state index in [-0.39, 0.29) is 23.8 Å². The van der Waals surface area contributed by atoms with Gasteiger partial charge in [-0.05, 0) is 20.3 Å². The van der Waals surface area contributed by atoms with Gasteiger partial charge in [0.2, 0.25) is 0 Å². The minimum Gasteiger partial charge on any atom is -0.376 e. The molecule has 1 aromatic rings. The van der Waals surface area contributed by atoms with E-state index in [1.54, 1.807) is 0 Å². The molecule has 6 heteroatoms. The topological polar surface area (TPSA) is 46.2 Å². The van der Waals surface area contributed by atoms with Crippen molar-refractivity contribution >= 4 is 11.6 Å². The second-order valence-corrected chi connectivity index (χ2v) is 4.29. The van der Waals surface area contributed by atoms with E-state index in [0.29, 0.717) is 13.2 Å². The fourth-order valence-electron chi connectivity index (χ4n) is 1.96. The highest BCUT2D eigenvalue weighted by atomic mass is 19.1. The lowest BCUT2D eigenvalue weighted by Gasteiger charge is -2.18. The van der Waals surface area contributed by atoms with Crippen molar-refractivity contribution in [3.8, 4) is 0 Å². The molecule has 1 saturated heterocycles. The molecule has 1 aromatic heterocycles. The van der Waals surface area contributed by atoms with Crippen LogP contribution in [-0.4, -0.2) is 30.3 Å². The number of nitrogens with zero attached hydrogens (tertiary/aromatic N) is 1. The van der Waals surface area contributed by atoms with Gasteiger partial charge in [-0.3, -0.25) is 0 Å². The van der Waals surface area contributed by atoms with Crippen molar-refractivity contribution in [3.05, 3.63) is 17.7 Å². The summed E-state index contributed by atoms with van der Waals surface area (Å²) in [6.07, 6.45) is 0.787. The molecule has 0 aliphatic carbocycles. The summed E-state index contributed by atoms with van der Waals surface area (Å²) in [7, 11) is 0. The highest BCUT2D eigenvalue weighted by Gasteiger charge is 2.25. The zero-order chi connectivity index (χ0) is 13.1. The van der Waals surface area contributed by atoms with Gasteiger partial charge in [-0.2, -0.15) is 0 Å². The molecular weight excluding hydrogens is 240 g/mol. The Morgan fingerprint density at radius 1 is 1.39 bits per heavy atom. The van der Waals surface area contributed by atoms with Gasteiger partial charge in [-0.25, -0.2) is 13.8 Å². The van der Waals surface area contributed by atoms with Gasteiger partial charge in [0, 0.05) is 19.2 Å². The van der Waals surface area contributed by atoms with Gasteiger partial charge in [-0.15, -0.1) is 0 Å². The molecule has 100 valence electrons. The number of halogens is 2. The number of pyridine rings is 1. The number of rotatable bonds is 4. The Kier molecular flexibility index (Phi) is 3.96. The maximum atomic E-state index is 13.6. The molecule has 2 N–H and O–H groups in total. The van der Waals surface area contributed by atoms with Gasteiger partial charge < -0.3 is 15.4 Å². The first-order valence-corrected chi connectivity index (χ1v) is 6.10. The van der Waals surface area contributed by atoms with Gasteiger partial charge in [-0.1, -0.05) is 0 Å². The molecule has 1 fully saturated rings. The van der Waals surface area contributed by atoms with E-state index < -0.39 is 11.6 Å². The third-order valence-electron chi connectivity index (χ3n) is 2.97. The summed E-state index contributed by atoms with van der Waals surface area (Å²) in [6.45, 7) is 4.90. The number of anilines is 2. The van der Waals surface area contributed by atoms with Crippen LogP contribution in [0.1, 0.15) is 20.3 Å². The number of ether oxygens (including phenoxy) is 1. The Morgan fingerprint density at radius 3 is 2.72 bits per heavy atom. The first-order chi connectivity index (χ1) is 8.61. The highest BCUT2D eigenvalue weighted by molar-refractivity contribution is 5.48. The smallest absolute Gasteiger partial charge is 0.168 e. The minimum atomic E-state index is -0.687. The van der Waals surface area contributed by atoms with Crippen LogP contribution in [0.15, 0.2) is 6.07 Å². The monoisotopic (exact) mass is 257 g/mol. The van der Waals surface area contributed by atoms with Crippen LogP contribution < -0.4 is 10.6 Å². The zero-order valence-corrected chi connectivity index (χ0v) is 10.5. The van der Waals surface area contributed by atoms with Crippen LogP contribution in [0.2, 0.25) is 0 Å². The molecule has 0 radical (unpaired) electrons. The van der Waals surface area contributed by atoms with Crippen LogP contribution in [-0.2, 0) is 4.74 Å². The van der Waals surface area contributed by atoms with Crippen molar-refractivity contribution in [1.29, 1.82) is 0 Å².